The maximum Gasteiger partial charge on any atom is 0.421 e. The third-order valence-electron chi connectivity index (χ3n) is 3.01. The minimum absolute atomic E-state index is 0.0116. The molecular formula is C14H11ClF3NO2. The van der Waals surface area contributed by atoms with E-state index in [1.807, 2.05) is 0 Å². The van der Waals surface area contributed by atoms with Crippen LogP contribution in [0.1, 0.15) is 19.4 Å². The van der Waals surface area contributed by atoms with Gasteiger partial charge in [-0.15, -0.1) is 0 Å². The molecule has 0 fully saturated rings. The van der Waals surface area contributed by atoms with Gasteiger partial charge in [0.2, 0.25) is 5.54 Å². The van der Waals surface area contributed by atoms with Gasteiger partial charge in [-0.3, -0.25) is 9.79 Å². The summed E-state index contributed by atoms with van der Waals surface area (Å²) in [6, 6.07) is 5.21. The quantitative estimate of drug-likeness (QED) is 0.773. The molecule has 1 atom stereocenters. The first-order valence-corrected chi connectivity index (χ1v) is 6.34. The molecule has 112 valence electrons. The van der Waals surface area contributed by atoms with Crippen molar-refractivity contribution in [3.63, 3.8) is 0 Å². The summed E-state index contributed by atoms with van der Waals surface area (Å²) in [6.45, 7) is 2.47. The number of alkyl halides is 3. The van der Waals surface area contributed by atoms with E-state index in [0.717, 1.165) is 13.0 Å². The molecule has 0 saturated carbocycles. The molecule has 2 rings (SSSR count). The van der Waals surface area contributed by atoms with E-state index in [1.165, 1.54) is 31.2 Å². The number of hydrogen-bond acceptors (Lipinski definition) is 3. The van der Waals surface area contributed by atoms with Gasteiger partial charge in [-0.2, -0.15) is 13.2 Å². The highest BCUT2D eigenvalue weighted by Crippen LogP contribution is 2.47. The van der Waals surface area contributed by atoms with Crippen LogP contribution in [0.4, 0.5) is 13.2 Å². The van der Waals surface area contributed by atoms with E-state index in [0.29, 0.717) is 5.02 Å². The first-order valence-electron chi connectivity index (χ1n) is 5.96. The average molecular weight is 318 g/mol. The minimum Gasteiger partial charge on any atom is -0.425 e. The van der Waals surface area contributed by atoms with Crippen molar-refractivity contribution < 1.29 is 22.7 Å². The van der Waals surface area contributed by atoms with Gasteiger partial charge in [-0.1, -0.05) is 23.7 Å². The van der Waals surface area contributed by atoms with E-state index >= 15 is 0 Å². The van der Waals surface area contributed by atoms with Crippen LogP contribution in [0.5, 0.6) is 0 Å². The molecule has 0 N–H and O–H groups in total. The average Bonchev–Trinajstić information content (AvgIpc) is 2.67. The molecule has 0 radical (unpaired) electrons. The summed E-state index contributed by atoms with van der Waals surface area (Å²) < 4.78 is 45.5. The highest BCUT2D eigenvalue weighted by molar-refractivity contribution is 6.30. The van der Waals surface area contributed by atoms with Crippen LogP contribution in [0.2, 0.25) is 5.02 Å². The van der Waals surface area contributed by atoms with Crippen LogP contribution in [0.3, 0.4) is 0 Å². The second-order valence-corrected chi connectivity index (χ2v) is 5.01. The summed E-state index contributed by atoms with van der Waals surface area (Å²) >= 11 is 5.70. The van der Waals surface area contributed by atoms with Crippen molar-refractivity contribution in [1.82, 2.24) is 0 Å². The highest BCUT2D eigenvalue weighted by atomic mass is 35.5. The van der Waals surface area contributed by atoms with Crippen LogP contribution in [-0.4, -0.2) is 17.9 Å². The van der Waals surface area contributed by atoms with Crippen molar-refractivity contribution in [2.45, 2.75) is 25.6 Å². The molecule has 1 aliphatic heterocycles. The van der Waals surface area contributed by atoms with Gasteiger partial charge in [0.1, 0.15) is 0 Å². The summed E-state index contributed by atoms with van der Waals surface area (Å²) in [5.74, 6) is -0.889. The Kier molecular flexibility index (Phi) is 3.84. The third kappa shape index (κ3) is 2.81. The van der Waals surface area contributed by atoms with Gasteiger partial charge in [0, 0.05) is 18.0 Å². The second-order valence-electron chi connectivity index (χ2n) is 4.57. The number of carbonyl (C=O) groups excluding carboxylic acids is 1. The predicted molar refractivity (Wildman–Crippen MR) is 72.1 cm³/mol. The van der Waals surface area contributed by atoms with Gasteiger partial charge in [0.25, 0.3) is 0 Å². The van der Waals surface area contributed by atoms with Crippen molar-refractivity contribution in [2.24, 2.45) is 4.99 Å². The van der Waals surface area contributed by atoms with Gasteiger partial charge in [0.15, 0.2) is 5.76 Å². The molecule has 0 spiro atoms. The Morgan fingerprint density at radius 2 is 1.86 bits per heavy atom. The molecule has 0 amide bonds. The van der Waals surface area contributed by atoms with E-state index in [4.69, 9.17) is 16.3 Å². The number of carbonyl (C=O) groups is 1. The zero-order chi connectivity index (χ0) is 15.8. The Labute approximate surface area is 124 Å². The van der Waals surface area contributed by atoms with E-state index in [9.17, 15) is 18.0 Å². The van der Waals surface area contributed by atoms with E-state index < -0.39 is 17.7 Å². The molecule has 21 heavy (non-hydrogen) atoms. The molecule has 7 heteroatoms. The standard InChI is InChI=1S/C14H11ClF3NO2/c1-8-12(21-9(2)20)7-13(19-8,14(16,17)18)10-3-5-11(15)6-4-10/h3-7H,1-2H3. The second kappa shape index (κ2) is 5.18. The Hall–Kier alpha value is -1.82. The van der Waals surface area contributed by atoms with Crippen LogP contribution < -0.4 is 0 Å². The Balaban J connectivity index is 2.59. The normalized spacial score (nSPS) is 21.8. The number of rotatable bonds is 2. The fourth-order valence-corrected chi connectivity index (χ4v) is 2.19. The van der Waals surface area contributed by atoms with Gasteiger partial charge in [0.05, 0.1) is 5.71 Å². The maximum absolute atomic E-state index is 13.6. The van der Waals surface area contributed by atoms with E-state index in [2.05, 4.69) is 4.99 Å². The number of aliphatic imine (C=N–C) groups is 1. The number of allylic oxidation sites excluding steroid dienone is 1. The molecule has 3 nitrogen and oxygen atoms in total. The molecule has 1 heterocycles. The van der Waals surface area contributed by atoms with Crippen LogP contribution in [-0.2, 0) is 15.1 Å². The van der Waals surface area contributed by atoms with Crippen molar-refractivity contribution in [2.75, 3.05) is 0 Å². The summed E-state index contributed by atoms with van der Waals surface area (Å²) in [4.78, 5) is 14.7. The predicted octanol–water partition coefficient (Wildman–Crippen LogP) is 4.02. The van der Waals surface area contributed by atoms with Crippen LogP contribution in [0.25, 0.3) is 0 Å². The van der Waals surface area contributed by atoms with Crippen molar-refractivity contribution in [3.8, 4) is 0 Å². The fraction of sp³-hybridized carbons (Fsp3) is 0.286. The first-order chi connectivity index (χ1) is 9.65. The number of halogens is 4. The summed E-state index contributed by atoms with van der Waals surface area (Å²) in [6.07, 6.45) is -3.86. The van der Waals surface area contributed by atoms with Gasteiger partial charge < -0.3 is 4.74 Å². The highest BCUT2D eigenvalue weighted by Gasteiger charge is 2.57. The van der Waals surface area contributed by atoms with Crippen LogP contribution in [0.15, 0.2) is 41.1 Å². The zero-order valence-corrected chi connectivity index (χ0v) is 11.9. The zero-order valence-electron chi connectivity index (χ0n) is 11.2. The molecule has 0 aliphatic carbocycles. The number of benzene rings is 1. The number of nitrogens with zero attached hydrogens (tertiary/aromatic N) is 1. The third-order valence-corrected chi connectivity index (χ3v) is 3.26. The molecule has 1 aromatic rings. The lowest BCUT2D eigenvalue weighted by Crippen LogP contribution is -2.38. The van der Waals surface area contributed by atoms with Crippen LogP contribution >= 0.6 is 11.6 Å². The first kappa shape index (κ1) is 15.6. The molecule has 1 aliphatic rings. The van der Waals surface area contributed by atoms with Crippen molar-refractivity contribution in [3.05, 3.63) is 46.7 Å². The number of esters is 1. The Morgan fingerprint density at radius 1 is 1.29 bits per heavy atom. The lowest BCUT2D eigenvalue weighted by molar-refractivity contribution is -0.173. The molecule has 0 saturated heterocycles. The summed E-state index contributed by atoms with van der Waals surface area (Å²) in [7, 11) is 0. The Morgan fingerprint density at radius 3 is 2.33 bits per heavy atom. The lowest BCUT2D eigenvalue weighted by Gasteiger charge is -2.27. The number of ether oxygens (including phenoxy) is 1. The fourth-order valence-electron chi connectivity index (χ4n) is 2.06. The monoisotopic (exact) mass is 317 g/mol. The molecule has 1 unspecified atom stereocenters. The summed E-state index contributed by atoms with van der Waals surface area (Å²) in [5.41, 5.74) is -2.65. The minimum atomic E-state index is -4.68. The van der Waals surface area contributed by atoms with E-state index in [-0.39, 0.29) is 17.0 Å². The molecule has 0 bridgehead atoms. The largest absolute Gasteiger partial charge is 0.425 e. The smallest absolute Gasteiger partial charge is 0.421 e. The topological polar surface area (TPSA) is 38.7 Å². The van der Waals surface area contributed by atoms with Crippen molar-refractivity contribution in [1.29, 1.82) is 0 Å². The SMILES string of the molecule is CC(=O)OC1=CC(c2ccc(Cl)cc2)(C(F)(F)F)N=C1C. The maximum atomic E-state index is 13.6. The van der Waals surface area contributed by atoms with E-state index in [1.54, 1.807) is 0 Å². The number of hydrogen-bond donors (Lipinski definition) is 0. The van der Waals surface area contributed by atoms with Crippen LogP contribution in [0, 0.1) is 0 Å². The lowest BCUT2D eigenvalue weighted by atomic mass is 9.90. The molecule has 0 aromatic heterocycles. The van der Waals surface area contributed by atoms with Gasteiger partial charge in [-0.05, 0) is 24.6 Å². The molecule has 1 aromatic carbocycles. The summed E-state index contributed by atoms with van der Waals surface area (Å²) in [5, 5.41) is 0.318. The van der Waals surface area contributed by atoms with Gasteiger partial charge in [-0.25, -0.2) is 0 Å². The molecular weight excluding hydrogens is 307 g/mol. The van der Waals surface area contributed by atoms with Crippen molar-refractivity contribution >= 4 is 23.3 Å². The Bertz CT molecular complexity index is 635. The van der Waals surface area contributed by atoms with Gasteiger partial charge >= 0.3 is 12.1 Å².